The maximum absolute atomic E-state index is 13.2. The number of benzene rings is 2. The molecule has 0 spiro atoms. The summed E-state index contributed by atoms with van der Waals surface area (Å²) in [5, 5.41) is 25.4. The average Bonchev–Trinajstić information content (AvgIpc) is 3.64. The van der Waals surface area contributed by atoms with Crippen molar-refractivity contribution in [2.75, 3.05) is 6.54 Å². The van der Waals surface area contributed by atoms with Gasteiger partial charge in [0, 0.05) is 36.0 Å². The van der Waals surface area contributed by atoms with Crippen LogP contribution in [0.1, 0.15) is 57.4 Å². The molecule has 1 amide bonds. The van der Waals surface area contributed by atoms with Crippen molar-refractivity contribution in [3.05, 3.63) is 60.2 Å². The van der Waals surface area contributed by atoms with Gasteiger partial charge >= 0.3 is 5.97 Å². The topological polar surface area (TPSA) is 125 Å². The number of hydrogen-bond donors (Lipinski definition) is 2. The first-order chi connectivity index (χ1) is 18.5. The Hall–Kier alpha value is -4.14. The number of carbonyl (C=O) groups excluding carboxylic acids is 1. The van der Waals surface area contributed by atoms with Crippen LogP contribution in [0.5, 0.6) is 0 Å². The van der Waals surface area contributed by atoms with E-state index in [0.29, 0.717) is 31.6 Å². The molecular formula is C29H32N6O3. The lowest BCUT2D eigenvalue weighted by molar-refractivity contribution is -0.151. The number of unbranched alkanes of at least 4 members (excludes halogenated alkanes) is 1. The highest BCUT2D eigenvalue weighted by atomic mass is 16.4. The van der Waals surface area contributed by atoms with Gasteiger partial charge in [-0.25, -0.2) is 4.98 Å². The van der Waals surface area contributed by atoms with Gasteiger partial charge in [-0.15, -0.1) is 10.2 Å². The molecule has 1 saturated carbocycles. The number of aliphatic carboxylic acids is 1. The van der Waals surface area contributed by atoms with E-state index in [2.05, 4.69) is 27.5 Å². The third-order valence-corrected chi connectivity index (χ3v) is 7.52. The Kier molecular flexibility index (Phi) is 7.44. The molecule has 38 heavy (non-hydrogen) atoms. The molecule has 2 aromatic carbocycles. The van der Waals surface area contributed by atoms with Crippen LogP contribution in [0.4, 0.5) is 0 Å². The van der Waals surface area contributed by atoms with Crippen LogP contribution in [0.3, 0.4) is 0 Å². The van der Waals surface area contributed by atoms with E-state index in [9.17, 15) is 14.7 Å². The zero-order valence-electron chi connectivity index (χ0n) is 21.6. The molecular weight excluding hydrogens is 480 g/mol. The molecule has 0 aliphatic heterocycles. The minimum absolute atomic E-state index is 0.0195. The second-order valence-corrected chi connectivity index (χ2v) is 10.2. The Labute approximate surface area is 221 Å². The number of nitrogens with one attached hydrogen (secondary N) is 1. The minimum Gasteiger partial charge on any atom is -0.481 e. The quantitative estimate of drug-likeness (QED) is 0.297. The van der Waals surface area contributed by atoms with Gasteiger partial charge in [0.05, 0.1) is 16.6 Å². The summed E-state index contributed by atoms with van der Waals surface area (Å²) in [5.41, 5.74) is 3.49. The molecule has 2 heterocycles. The first kappa shape index (κ1) is 25.5. The molecule has 0 atom stereocenters. The SMILES string of the molecule is CCCCC(=O)N(Cc1ccc2nc(-c3ccccc3-c3nn[nH]n3)ccc2c1)CC1(C(=O)O)CCCC1. The molecule has 2 N–H and O–H groups in total. The number of carbonyl (C=O) groups is 2. The van der Waals surface area contributed by atoms with Gasteiger partial charge < -0.3 is 10.0 Å². The number of tetrazole rings is 1. The normalized spacial score (nSPS) is 14.6. The predicted octanol–water partition coefficient (Wildman–Crippen LogP) is 5.25. The number of nitrogens with zero attached hydrogens (tertiary/aromatic N) is 5. The molecule has 196 valence electrons. The van der Waals surface area contributed by atoms with Gasteiger partial charge in [-0.05, 0) is 48.2 Å². The number of aromatic nitrogens is 5. The number of carboxylic acid groups (broad SMARTS) is 1. The number of aromatic amines is 1. The van der Waals surface area contributed by atoms with Gasteiger partial charge in [-0.3, -0.25) is 9.59 Å². The number of H-pyrrole nitrogens is 1. The summed E-state index contributed by atoms with van der Waals surface area (Å²) in [6.07, 6.45) is 5.18. The fourth-order valence-electron chi connectivity index (χ4n) is 5.40. The van der Waals surface area contributed by atoms with Gasteiger partial charge in [0.1, 0.15) is 0 Å². The van der Waals surface area contributed by atoms with Gasteiger partial charge in [0.2, 0.25) is 11.7 Å². The summed E-state index contributed by atoms with van der Waals surface area (Å²) in [6.45, 7) is 2.70. The molecule has 1 aliphatic carbocycles. The summed E-state index contributed by atoms with van der Waals surface area (Å²) in [4.78, 5) is 32.0. The highest BCUT2D eigenvalue weighted by Crippen LogP contribution is 2.39. The standard InChI is InChI=1S/C29H32N6O3/c1-2-3-10-26(36)35(19-29(28(37)38)15-6-7-16-29)18-20-11-13-24-21(17-20)12-14-25(30-24)22-8-4-5-9-23(22)27-31-33-34-32-27/h4-5,8-9,11-14,17H,2-3,6-7,10,15-16,18-19H2,1H3,(H,37,38)(H,31,32,33,34). The molecule has 5 rings (SSSR count). The van der Waals surface area contributed by atoms with E-state index in [1.807, 2.05) is 54.6 Å². The first-order valence-electron chi connectivity index (χ1n) is 13.2. The molecule has 0 bridgehead atoms. The lowest BCUT2D eigenvalue weighted by Crippen LogP contribution is -2.43. The fourth-order valence-corrected chi connectivity index (χ4v) is 5.40. The van der Waals surface area contributed by atoms with Crippen LogP contribution in [-0.2, 0) is 16.1 Å². The van der Waals surface area contributed by atoms with E-state index in [1.165, 1.54) is 0 Å². The first-order valence-corrected chi connectivity index (χ1v) is 13.2. The number of rotatable bonds is 10. The Bertz CT molecular complexity index is 1430. The lowest BCUT2D eigenvalue weighted by Gasteiger charge is -2.32. The van der Waals surface area contributed by atoms with Crippen LogP contribution >= 0.6 is 0 Å². The molecule has 2 aromatic heterocycles. The molecule has 4 aromatic rings. The van der Waals surface area contributed by atoms with Gasteiger partial charge in [0.15, 0.2) is 0 Å². The number of hydrogen-bond acceptors (Lipinski definition) is 6. The summed E-state index contributed by atoms with van der Waals surface area (Å²) in [7, 11) is 0. The van der Waals surface area contributed by atoms with Crippen molar-refractivity contribution in [3.63, 3.8) is 0 Å². The maximum Gasteiger partial charge on any atom is 0.311 e. The molecule has 9 nitrogen and oxygen atoms in total. The smallest absolute Gasteiger partial charge is 0.311 e. The average molecular weight is 513 g/mol. The van der Waals surface area contributed by atoms with Crippen LogP contribution in [0.15, 0.2) is 54.6 Å². The van der Waals surface area contributed by atoms with Crippen LogP contribution in [-0.4, -0.2) is 54.0 Å². The van der Waals surface area contributed by atoms with Crippen LogP contribution in [0, 0.1) is 5.41 Å². The Morgan fingerprint density at radius 2 is 1.84 bits per heavy atom. The maximum atomic E-state index is 13.2. The molecule has 9 heteroatoms. The van der Waals surface area contributed by atoms with Crippen LogP contribution < -0.4 is 0 Å². The summed E-state index contributed by atoms with van der Waals surface area (Å²) in [6, 6.07) is 17.8. The summed E-state index contributed by atoms with van der Waals surface area (Å²) < 4.78 is 0. The zero-order valence-corrected chi connectivity index (χ0v) is 21.6. The van der Waals surface area contributed by atoms with Crippen molar-refractivity contribution < 1.29 is 14.7 Å². The van der Waals surface area contributed by atoms with Gasteiger partial charge in [-0.1, -0.05) is 62.6 Å². The number of carboxylic acids is 1. The van der Waals surface area contributed by atoms with Crippen LogP contribution in [0.25, 0.3) is 33.5 Å². The van der Waals surface area contributed by atoms with E-state index >= 15 is 0 Å². The highest BCUT2D eigenvalue weighted by Gasteiger charge is 2.43. The Balaban J connectivity index is 1.42. The zero-order chi connectivity index (χ0) is 26.5. The fraction of sp³-hybridized carbons (Fsp3) is 0.379. The number of pyridine rings is 1. The Morgan fingerprint density at radius 1 is 1.05 bits per heavy atom. The summed E-state index contributed by atoms with van der Waals surface area (Å²) >= 11 is 0. The minimum atomic E-state index is -0.846. The van der Waals surface area contributed by atoms with Crippen molar-refractivity contribution in [1.82, 2.24) is 30.5 Å². The second-order valence-electron chi connectivity index (χ2n) is 10.2. The predicted molar refractivity (Wildman–Crippen MR) is 144 cm³/mol. The summed E-state index contributed by atoms with van der Waals surface area (Å²) in [5.74, 6) is -0.266. The van der Waals surface area contributed by atoms with Crippen molar-refractivity contribution in [2.45, 2.75) is 58.4 Å². The Morgan fingerprint density at radius 3 is 2.55 bits per heavy atom. The molecule has 1 fully saturated rings. The molecule has 0 saturated heterocycles. The van der Waals surface area contributed by atoms with Crippen molar-refractivity contribution in [2.24, 2.45) is 5.41 Å². The molecule has 0 unspecified atom stereocenters. The van der Waals surface area contributed by atoms with Crippen molar-refractivity contribution in [3.8, 4) is 22.6 Å². The third kappa shape index (κ3) is 5.27. The number of fused-ring (bicyclic) bond motifs is 1. The van der Waals surface area contributed by atoms with E-state index in [0.717, 1.165) is 59.0 Å². The molecule has 1 aliphatic rings. The largest absolute Gasteiger partial charge is 0.481 e. The van der Waals surface area contributed by atoms with Gasteiger partial charge in [-0.2, -0.15) is 5.21 Å². The van der Waals surface area contributed by atoms with Crippen LogP contribution in [0.2, 0.25) is 0 Å². The lowest BCUT2D eigenvalue weighted by atomic mass is 9.85. The second kappa shape index (κ2) is 11.1. The third-order valence-electron chi connectivity index (χ3n) is 7.52. The van der Waals surface area contributed by atoms with Crippen molar-refractivity contribution >= 4 is 22.8 Å². The van der Waals surface area contributed by atoms with Gasteiger partial charge in [0.25, 0.3) is 0 Å². The highest BCUT2D eigenvalue weighted by molar-refractivity contribution is 5.86. The number of amides is 1. The van der Waals surface area contributed by atoms with E-state index in [-0.39, 0.29) is 12.5 Å². The monoisotopic (exact) mass is 512 g/mol. The van der Waals surface area contributed by atoms with E-state index < -0.39 is 11.4 Å². The molecule has 0 radical (unpaired) electrons. The van der Waals surface area contributed by atoms with E-state index in [4.69, 9.17) is 4.98 Å². The van der Waals surface area contributed by atoms with E-state index in [1.54, 1.807) is 4.90 Å². The van der Waals surface area contributed by atoms with Crippen molar-refractivity contribution in [1.29, 1.82) is 0 Å².